The number of carbonyl (C=O) groups excluding carboxylic acids is 3. The van der Waals surface area contributed by atoms with Crippen LogP contribution in [-0.2, 0) is 26.2 Å². The van der Waals surface area contributed by atoms with E-state index in [0.717, 1.165) is 4.57 Å². The number of Topliss-reactive ketones (excluding diaryl/α,β-unsaturated/α-hetero) is 1. The molecule has 2 aromatic rings. The predicted molar refractivity (Wildman–Crippen MR) is 110 cm³/mol. The second-order valence-corrected chi connectivity index (χ2v) is 8.36. The molecule has 2 amide bonds. The van der Waals surface area contributed by atoms with E-state index in [0.29, 0.717) is 5.56 Å². The number of anilines is 1. The van der Waals surface area contributed by atoms with Crippen LogP contribution >= 0.6 is 0 Å². The van der Waals surface area contributed by atoms with Crippen LogP contribution in [0.5, 0.6) is 0 Å². The fraction of sp³-hybridized carbons (Fsp3) is 0.263. The van der Waals surface area contributed by atoms with Crippen LogP contribution in [0.3, 0.4) is 0 Å². The third-order valence-electron chi connectivity index (χ3n) is 4.09. The van der Waals surface area contributed by atoms with Crippen molar-refractivity contribution in [3.05, 3.63) is 58.5 Å². The molecule has 1 aromatic carbocycles. The minimum Gasteiger partial charge on any atom is -0.347 e. The van der Waals surface area contributed by atoms with Gasteiger partial charge >= 0.3 is 0 Å². The van der Waals surface area contributed by atoms with Crippen LogP contribution in [0.2, 0.25) is 0 Å². The Kier molecular flexibility index (Phi) is 7.24. The van der Waals surface area contributed by atoms with Gasteiger partial charge in [-0.15, -0.1) is 0 Å². The summed E-state index contributed by atoms with van der Waals surface area (Å²) in [7, 11) is -0.881. The number of carbonyl (C=O) groups is 3. The third kappa shape index (κ3) is 5.84. The van der Waals surface area contributed by atoms with E-state index in [1.807, 2.05) is 0 Å². The molecule has 1 heterocycles. The Morgan fingerprint density at radius 3 is 2.27 bits per heavy atom. The Morgan fingerprint density at radius 2 is 1.70 bits per heavy atom. The minimum atomic E-state index is -3.99. The zero-order chi connectivity index (χ0) is 22.5. The molecule has 11 heteroatoms. The maximum absolute atomic E-state index is 12.4. The molecule has 0 aliphatic heterocycles. The van der Waals surface area contributed by atoms with E-state index in [9.17, 15) is 27.6 Å². The molecule has 0 atom stereocenters. The topological polar surface area (TPSA) is 135 Å². The molecule has 0 aliphatic carbocycles. The Morgan fingerprint density at radius 1 is 1.07 bits per heavy atom. The zero-order valence-corrected chi connectivity index (χ0v) is 17.5. The average Bonchev–Trinajstić information content (AvgIpc) is 2.69. The van der Waals surface area contributed by atoms with Gasteiger partial charge in [-0.3, -0.25) is 19.2 Å². The summed E-state index contributed by atoms with van der Waals surface area (Å²) in [5.41, 5.74) is -0.317. The van der Waals surface area contributed by atoms with Gasteiger partial charge in [0.2, 0.25) is 21.8 Å². The van der Waals surface area contributed by atoms with Crippen LogP contribution in [0, 0.1) is 0 Å². The summed E-state index contributed by atoms with van der Waals surface area (Å²) >= 11 is 0. The van der Waals surface area contributed by atoms with E-state index < -0.39 is 28.0 Å². The monoisotopic (exact) mass is 434 g/mol. The van der Waals surface area contributed by atoms with Gasteiger partial charge in [-0.2, -0.15) is 0 Å². The van der Waals surface area contributed by atoms with E-state index in [1.165, 1.54) is 54.4 Å². The van der Waals surface area contributed by atoms with Gasteiger partial charge in [-0.05, 0) is 31.2 Å². The number of amides is 2. The SMILES string of the molecule is CC(=O)c1ccc(S(=O)(=O)NCC(=O)Nc2cccn(CC(=O)N(C)C)c2=O)cc1. The fourth-order valence-electron chi connectivity index (χ4n) is 2.35. The highest BCUT2D eigenvalue weighted by Crippen LogP contribution is 2.11. The molecule has 30 heavy (non-hydrogen) atoms. The van der Waals surface area contributed by atoms with E-state index >= 15 is 0 Å². The van der Waals surface area contributed by atoms with Gasteiger partial charge in [0.15, 0.2) is 5.78 Å². The van der Waals surface area contributed by atoms with Crippen LogP contribution in [0.25, 0.3) is 0 Å². The molecule has 0 unspecified atom stereocenters. The molecule has 2 N–H and O–H groups in total. The normalized spacial score (nSPS) is 11.0. The lowest BCUT2D eigenvalue weighted by atomic mass is 10.2. The summed E-state index contributed by atoms with van der Waals surface area (Å²) in [6, 6.07) is 8.10. The van der Waals surface area contributed by atoms with Crippen LogP contribution in [0.1, 0.15) is 17.3 Å². The molecule has 0 fully saturated rings. The van der Waals surface area contributed by atoms with Crippen molar-refractivity contribution in [1.82, 2.24) is 14.2 Å². The number of sulfonamides is 1. The van der Waals surface area contributed by atoms with E-state index in [-0.39, 0.29) is 28.8 Å². The van der Waals surface area contributed by atoms with Crippen molar-refractivity contribution in [2.75, 3.05) is 26.0 Å². The van der Waals surface area contributed by atoms with Crippen LogP contribution in [-0.4, -0.2) is 56.1 Å². The molecule has 0 aliphatic rings. The highest BCUT2D eigenvalue weighted by atomic mass is 32.2. The van der Waals surface area contributed by atoms with Crippen LogP contribution < -0.4 is 15.6 Å². The summed E-state index contributed by atoms with van der Waals surface area (Å²) < 4.78 is 27.9. The maximum atomic E-state index is 12.4. The summed E-state index contributed by atoms with van der Waals surface area (Å²) in [6.07, 6.45) is 1.41. The Hall–Kier alpha value is -3.31. The van der Waals surface area contributed by atoms with Gasteiger partial charge in [0.1, 0.15) is 12.2 Å². The number of nitrogens with zero attached hydrogens (tertiary/aromatic N) is 2. The molecule has 0 spiro atoms. The lowest BCUT2D eigenvalue weighted by Crippen LogP contribution is -2.36. The quantitative estimate of drug-likeness (QED) is 0.564. The molecular weight excluding hydrogens is 412 g/mol. The van der Waals surface area contributed by atoms with E-state index in [1.54, 1.807) is 14.1 Å². The van der Waals surface area contributed by atoms with Crippen molar-refractivity contribution in [3.8, 4) is 0 Å². The fourth-order valence-corrected chi connectivity index (χ4v) is 3.33. The second-order valence-electron chi connectivity index (χ2n) is 6.60. The highest BCUT2D eigenvalue weighted by molar-refractivity contribution is 7.89. The number of nitrogens with one attached hydrogen (secondary N) is 2. The van der Waals surface area contributed by atoms with Gasteiger partial charge < -0.3 is 14.8 Å². The van der Waals surface area contributed by atoms with Crippen LogP contribution in [0.15, 0.2) is 52.3 Å². The molecule has 0 radical (unpaired) electrons. The van der Waals surface area contributed by atoms with Crippen molar-refractivity contribution in [3.63, 3.8) is 0 Å². The number of aromatic nitrogens is 1. The number of likely N-dealkylation sites (N-methyl/N-ethyl adjacent to an activating group) is 1. The van der Waals surface area contributed by atoms with Crippen molar-refractivity contribution >= 4 is 33.3 Å². The molecule has 10 nitrogen and oxygen atoms in total. The number of ketones is 1. The molecular formula is C19H22N4O6S. The zero-order valence-electron chi connectivity index (χ0n) is 16.7. The third-order valence-corrected chi connectivity index (χ3v) is 5.51. The summed E-state index contributed by atoms with van der Waals surface area (Å²) in [6.45, 7) is 0.556. The van der Waals surface area contributed by atoms with E-state index in [4.69, 9.17) is 0 Å². The van der Waals surface area contributed by atoms with Crippen molar-refractivity contribution in [2.24, 2.45) is 0 Å². The Balaban J connectivity index is 2.04. The first kappa shape index (κ1) is 23.0. The second kappa shape index (κ2) is 9.46. The molecule has 2 rings (SSSR count). The predicted octanol–water partition coefficient (Wildman–Crippen LogP) is 0.0561. The molecule has 160 valence electrons. The summed E-state index contributed by atoms with van der Waals surface area (Å²) in [4.78, 5) is 48.8. The molecule has 0 saturated heterocycles. The highest BCUT2D eigenvalue weighted by Gasteiger charge is 2.17. The van der Waals surface area contributed by atoms with Gasteiger partial charge in [-0.25, -0.2) is 13.1 Å². The average molecular weight is 434 g/mol. The number of hydrogen-bond donors (Lipinski definition) is 2. The first-order chi connectivity index (χ1) is 14.0. The number of benzene rings is 1. The van der Waals surface area contributed by atoms with Crippen molar-refractivity contribution < 1.29 is 22.8 Å². The number of pyridine rings is 1. The smallest absolute Gasteiger partial charge is 0.274 e. The van der Waals surface area contributed by atoms with Crippen LogP contribution in [0.4, 0.5) is 5.69 Å². The Bertz CT molecular complexity index is 1120. The van der Waals surface area contributed by atoms with Crippen molar-refractivity contribution in [1.29, 1.82) is 0 Å². The molecule has 0 bridgehead atoms. The maximum Gasteiger partial charge on any atom is 0.274 e. The molecule has 1 aromatic heterocycles. The van der Waals surface area contributed by atoms with Gasteiger partial charge in [0, 0.05) is 25.9 Å². The largest absolute Gasteiger partial charge is 0.347 e. The van der Waals surface area contributed by atoms with Crippen molar-refractivity contribution in [2.45, 2.75) is 18.4 Å². The molecule has 0 saturated carbocycles. The first-order valence-corrected chi connectivity index (χ1v) is 10.3. The summed E-state index contributed by atoms with van der Waals surface area (Å²) in [5, 5.41) is 2.33. The first-order valence-electron chi connectivity index (χ1n) is 8.81. The van der Waals surface area contributed by atoms with Gasteiger partial charge in [-0.1, -0.05) is 12.1 Å². The van der Waals surface area contributed by atoms with Gasteiger partial charge in [0.05, 0.1) is 11.4 Å². The Labute approximate surface area is 173 Å². The summed E-state index contributed by atoms with van der Waals surface area (Å²) in [5.74, 6) is -1.26. The number of hydrogen-bond acceptors (Lipinski definition) is 6. The lowest BCUT2D eigenvalue weighted by molar-refractivity contribution is -0.129. The number of rotatable bonds is 8. The van der Waals surface area contributed by atoms with E-state index in [2.05, 4.69) is 10.0 Å². The van der Waals surface area contributed by atoms with Gasteiger partial charge in [0.25, 0.3) is 5.56 Å². The standard InChI is InChI=1S/C19H22N4O6S/c1-13(24)14-6-8-15(9-7-14)30(28,29)20-11-17(25)21-16-5-4-10-23(19(16)27)12-18(26)22(2)3/h4-10,20H,11-12H2,1-3H3,(H,21,25). The minimum absolute atomic E-state index is 0.0842. The lowest BCUT2D eigenvalue weighted by Gasteiger charge is -2.13.